The second kappa shape index (κ2) is 7.22. The number of nitrogens with two attached hydrogens (primary N) is 1. The van der Waals surface area contributed by atoms with Crippen LogP contribution in [0.25, 0.3) is 0 Å². The number of amides is 1. The molecule has 0 saturated carbocycles. The highest BCUT2D eigenvalue weighted by atomic mass is 16.2. The van der Waals surface area contributed by atoms with Gasteiger partial charge >= 0.3 is 0 Å². The van der Waals surface area contributed by atoms with Crippen molar-refractivity contribution in [1.29, 1.82) is 0 Å². The lowest BCUT2D eigenvalue weighted by Gasteiger charge is -2.35. The molecule has 3 N–H and O–H groups in total. The number of rotatable bonds is 6. The van der Waals surface area contributed by atoms with Gasteiger partial charge in [-0.05, 0) is 26.3 Å². The second-order valence-corrected chi connectivity index (χ2v) is 6.27. The molecule has 1 fully saturated rings. The van der Waals surface area contributed by atoms with Crippen LogP contribution in [0.2, 0.25) is 0 Å². The summed E-state index contributed by atoms with van der Waals surface area (Å²) >= 11 is 0. The largest absolute Gasteiger partial charge is 0.354 e. The van der Waals surface area contributed by atoms with E-state index in [2.05, 4.69) is 29.0 Å². The minimum absolute atomic E-state index is 0.0739. The van der Waals surface area contributed by atoms with Gasteiger partial charge in [-0.15, -0.1) is 0 Å². The molecular weight excluding hydrogens is 240 g/mol. The summed E-state index contributed by atoms with van der Waals surface area (Å²) in [7, 11) is 0. The molecule has 0 aromatic rings. The van der Waals surface area contributed by atoms with Crippen LogP contribution in [0.4, 0.5) is 0 Å². The molecule has 1 saturated heterocycles. The number of hydrogen-bond donors (Lipinski definition) is 2. The summed E-state index contributed by atoms with van der Waals surface area (Å²) in [6.07, 6.45) is 0. The molecule has 0 radical (unpaired) electrons. The minimum Gasteiger partial charge on any atom is -0.354 e. The molecule has 1 aliphatic heterocycles. The minimum atomic E-state index is -0.785. The Morgan fingerprint density at radius 3 is 2.26 bits per heavy atom. The summed E-state index contributed by atoms with van der Waals surface area (Å²) in [5.74, 6) is 0.384. The van der Waals surface area contributed by atoms with Gasteiger partial charge in [0.1, 0.15) is 0 Å². The fourth-order valence-corrected chi connectivity index (χ4v) is 2.29. The highest BCUT2D eigenvalue weighted by molar-refractivity contribution is 5.84. The molecule has 5 nitrogen and oxygen atoms in total. The predicted molar refractivity (Wildman–Crippen MR) is 79.0 cm³/mol. The summed E-state index contributed by atoms with van der Waals surface area (Å²) in [5, 5.41) is 2.93. The van der Waals surface area contributed by atoms with Crippen molar-refractivity contribution in [2.45, 2.75) is 33.2 Å². The second-order valence-electron chi connectivity index (χ2n) is 6.27. The van der Waals surface area contributed by atoms with Gasteiger partial charge in [0.15, 0.2) is 0 Å². The van der Waals surface area contributed by atoms with Gasteiger partial charge in [0.25, 0.3) is 0 Å². The van der Waals surface area contributed by atoms with Gasteiger partial charge in [-0.2, -0.15) is 0 Å². The smallest absolute Gasteiger partial charge is 0.239 e. The Kier molecular flexibility index (Phi) is 6.23. The SMILES string of the molecule is CCN1CCN(CC(C)CNC(=O)C(C)(C)N)CC1. The van der Waals surface area contributed by atoms with E-state index in [4.69, 9.17) is 5.73 Å². The number of carbonyl (C=O) groups is 1. The Balaban J connectivity index is 2.21. The van der Waals surface area contributed by atoms with Crippen molar-refractivity contribution >= 4 is 5.91 Å². The Bertz CT molecular complexity index is 280. The first-order valence-corrected chi connectivity index (χ1v) is 7.34. The van der Waals surface area contributed by atoms with Crippen LogP contribution in [0, 0.1) is 5.92 Å². The van der Waals surface area contributed by atoms with Crippen LogP contribution < -0.4 is 11.1 Å². The third-order valence-corrected chi connectivity index (χ3v) is 3.68. The number of nitrogens with zero attached hydrogens (tertiary/aromatic N) is 2. The molecule has 1 aliphatic rings. The maximum Gasteiger partial charge on any atom is 0.239 e. The van der Waals surface area contributed by atoms with Crippen molar-refractivity contribution < 1.29 is 4.79 Å². The third-order valence-electron chi connectivity index (χ3n) is 3.68. The Morgan fingerprint density at radius 2 is 1.79 bits per heavy atom. The number of hydrogen-bond acceptors (Lipinski definition) is 4. The highest BCUT2D eigenvalue weighted by Crippen LogP contribution is 2.05. The van der Waals surface area contributed by atoms with Gasteiger partial charge in [0.05, 0.1) is 5.54 Å². The average Bonchev–Trinajstić information content (AvgIpc) is 2.35. The maximum absolute atomic E-state index is 11.7. The van der Waals surface area contributed by atoms with Crippen LogP contribution in [-0.2, 0) is 4.79 Å². The van der Waals surface area contributed by atoms with Crippen LogP contribution in [0.1, 0.15) is 27.7 Å². The lowest BCUT2D eigenvalue weighted by atomic mass is 10.1. The summed E-state index contributed by atoms with van der Waals surface area (Å²) < 4.78 is 0. The van der Waals surface area contributed by atoms with Crippen molar-refractivity contribution in [2.24, 2.45) is 11.7 Å². The fourth-order valence-electron chi connectivity index (χ4n) is 2.29. The zero-order valence-electron chi connectivity index (χ0n) is 12.9. The van der Waals surface area contributed by atoms with Crippen LogP contribution in [0.3, 0.4) is 0 Å². The van der Waals surface area contributed by atoms with Crippen molar-refractivity contribution in [1.82, 2.24) is 15.1 Å². The van der Waals surface area contributed by atoms with E-state index in [1.807, 2.05) is 0 Å². The number of likely N-dealkylation sites (N-methyl/N-ethyl adjacent to an activating group) is 1. The first kappa shape index (κ1) is 16.4. The van der Waals surface area contributed by atoms with E-state index in [0.29, 0.717) is 12.5 Å². The summed E-state index contributed by atoms with van der Waals surface area (Å²) in [4.78, 5) is 16.6. The van der Waals surface area contributed by atoms with Crippen LogP contribution in [0.5, 0.6) is 0 Å². The Hall–Kier alpha value is -0.650. The summed E-state index contributed by atoms with van der Waals surface area (Å²) in [5.41, 5.74) is 4.97. The number of nitrogens with one attached hydrogen (secondary N) is 1. The summed E-state index contributed by atoms with van der Waals surface area (Å²) in [6.45, 7) is 15.3. The van der Waals surface area contributed by atoms with Crippen LogP contribution >= 0.6 is 0 Å². The van der Waals surface area contributed by atoms with Gasteiger partial charge in [-0.25, -0.2) is 0 Å². The van der Waals surface area contributed by atoms with Crippen molar-refractivity contribution in [3.63, 3.8) is 0 Å². The van der Waals surface area contributed by atoms with E-state index in [1.54, 1.807) is 13.8 Å². The molecule has 0 aromatic heterocycles. The molecule has 1 heterocycles. The predicted octanol–water partition coefficient (Wildman–Crippen LogP) is 0.114. The average molecular weight is 270 g/mol. The van der Waals surface area contributed by atoms with Gasteiger partial charge in [0.2, 0.25) is 5.91 Å². The molecule has 0 aliphatic carbocycles. The fraction of sp³-hybridized carbons (Fsp3) is 0.929. The quantitative estimate of drug-likeness (QED) is 0.719. The highest BCUT2D eigenvalue weighted by Gasteiger charge is 2.22. The van der Waals surface area contributed by atoms with Crippen LogP contribution in [0.15, 0.2) is 0 Å². The molecule has 0 spiro atoms. The summed E-state index contributed by atoms with van der Waals surface area (Å²) in [6, 6.07) is 0. The van der Waals surface area contributed by atoms with Crippen molar-refractivity contribution in [3.8, 4) is 0 Å². The number of piperazine rings is 1. The first-order chi connectivity index (χ1) is 8.82. The zero-order valence-corrected chi connectivity index (χ0v) is 12.9. The van der Waals surface area contributed by atoms with Gasteiger partial charge in [-0.3, -0.25) is 4.79 Å². The normalized spacial score (nSPS) is 20.3. The van der Waals surface area contributed by atoms with E-state index >= 15 is 0 Å². The molecule has 19 heavy (non-hydrogen) atoms. The molecule has 1 rings (SSSR count). The molecule has 1 unspecified atom stereocenters. The molecular formula is C14H30N4O. The molecule has 0 aromatic carbocycles. The van der Waals surface area contributed by atoms with E-state index < -0.39 is 5.54 Å². The lowest BCUT2D eigenvalue weighted by molar-refractivity contribution is -0.125. The van der Waals surface area contributed by atoms with Gasteiger partial charge in [0, 0.05) is 39.3 Å². The molecule has 5 heteroatoms. The molecule has 1 amide bonds. The molecule has 1 atom stereocenters. The zero-order chi connectivity index (χ0) is 14.5. The monoisotopic (exact) mass is 270 g/mol. The lowest BCUT2D eigenvalue weighted by Crippen LogP contribution is -2.51. The van der Waals surface area contributed by atoms with Crippen LogP contribution in [-0.4, -0.2) is 67.1 Å². The van der Waals surface area contributed by atoms with Crippen molar-refractivity contribution in [3.05, 3.63) is 0 Å². The topological polar surface area (TPSA) is 61.6 Å². The standard InChI is InChI=1S/C14H30N4O/c1-5-17-6-8-18(9-7-17)11-12(2)10-16-13(19)14(3,4)15/h12H,5-11,15H2,1-4H3,(H,16,19). The van der Waals surface area contributed by atoms with Gasteiger partial charge in [-0.1, -0.05) is 13.8 Å². The first-order valence-electron chi connectivity index (χ1n) is 7.34. The Labute approximate surface area is 117 Å². The van der Waals surface area contributed by atoms with Gasteiger partial charge < -0.3 is 20.9 Å². The third kappa shape index (κ3) is 5.89. The van der Waals surface area contributed by atoms with E-state index in [-0.39, 0.29) is 5.91 Å². The Morgan fingerprint density at radius 1 is 1.26 bits per heavy atom. The van der Waals surface area contributed by atoms with Crippen molar-refractivity contribution in [2.75, 3.05) is 45.8 Å². The van der Waals surface area contributed by atoms with E-state index in [0.717, 1.165) is 39.3 Å². The molecule has 0 bridgehead atoms. The van der Waals surface area contributed by atoms with E-state index in [9.17, 15) is 4.79 Å². The van der Waals surface area contributed by atoms with E-state index in [1.165, 1.54) is 0 Å². The maximum atomic E-state index is 11.7. The molecule has 112 valence electrons. The number of carbonyl (C=O) groups excluding carboxylic acids is 1.